The van der Waals surface area contributed by atoms with E-state index in [1.165, 1.54) is 24.6 Å². The number of rotatable bonds is 9. The summed E-state index contributed by atoms with van der Waals surface area (Å²) in [6, 6.07) is 5.34. The lowest BCUT2D eigenvalue weighted by molar-refractivity contribution is -0.154. The van der Waals surface area contributed by atoms with E-state index in [1.54, 1.807) is 33.8 Å². The van der Waals surface area contributed by atoms with Crippen LogP contribution in [0, 0.1) is 18.3 Å². The van der Waals surface area contributed by atoms with E-state index in [4.69, 9.17) is 0 Å². The summed E-state index contributed by atoms with van der Waals surface area (Å²) in [5.41, 5.74) is -0.270. The van der Waals surface area contributed by atoms with Crippen molar-refractivity contribution in [3.63, 3.8) is 0 Å². The fourth-order valence-electron chi connectivity index (χ4n) is 6.13. The van der Waals surface area contributed by atoms with E-state index in [2.05, 4.69) is 10.0 Å². The molecule has 2 saturated carbocycles. The van der Waals surface area contributed by atoms with Gasteiger partial charge in [0.25, 0.3) is 12.3 Å². The second-order valence-electron chi connectivity index (χ2n) is 13.0. The van der Waals surface area contributed by atoms with Crippen molar-refractivity contribution in [2.24, 2.45) is 11.3 Å². The number of carboxylic acids is 1. The minimum atomic E-state index is -4.21. The molecular weight excluding hydrogens is 552 g/mol. The fourth-order valence-corrected chi connectivity index (χ4v) is 7.75. The number of aliphatic carboxylic acids is 1. The molecule has 0 bridgehead atoms. The van der Waals surface area contributed by atoms with Gasteiger partial charge in [0.15, 0.2) is 0 Å². The molecule has 1 amide bonds. The Labute approximate surface area is 241 Å². The van der Waals surface area contributed by atoms with Crippen LogP contribution in [0.25, 0.3) is 11.3 Å². The maximum absolute atomic E-state index is 14.3. The van der Waals surface area contributed by atoms with Gasteiger partial charge in [-0.05, 0) is 90.0 Å². The van der Waals surface area contributed by atoms with Crippen LogP contribution in [-0.2, 0) is 21.4 Å². The molecule has 41 heavy (non-hydrogen) atoms. The highest BCUT2D eigenvalue weighted by Crippen LogP contribution is 2.41. The lowest BCUT2D eigenvalue weighted by Gasteiger charge is -2.41. The maximum atomic E-state index is 14.3. The fraction of sp³-hybridized carbons (Fsp3) is 0.600. The number of aromatic nitrogens is 1. The first-order chi connectivity index (χ1) is 19.0. The zero-order valence-electron chi connectivity index (χ0n) is 24.4. The molecule has 226 valence electrons. The van der Waals surface area contributed by atoms with Crippen LogP contribution in [0.3, 0.4) is 0 Å². The molecule has 0 radical (unpaired) electrons. The number of carbonyl (C=O) groups excluding carboxylic acids is 1. The van der Waals surface area contributed by atoms with Gasteiger partial charge < -0.3 is 15.0 Å². The Bertz CT molecular complexity index is 1420. The normalized spacial score (nSPS) is 22.0. The predicted octanol–water partition coefficient (Wildman–Crippen LogP) is 6.04. The summed E-state index contributed by atoms with van der Waals surface area (Å²) < 4.78 is 58.9. The first kappa shape index (κ1) is 31.2. The van der Waals surface area contributed by atoms with Gasteiger partial charge in [0.2, 0.25) is 10.0 Å². The van der Waals surface area contributed by atoms with Crippen LogP contribution in [0.2, 0.25) is 0 Å². The van der Waals surface area contributed by atoms with Gasteiger partial charge in [-0.25, -0.2) is 21.9 Å². The van der Waals surface area contributed by atoms with Gasteiger partial charge in [-0.1, -0.05) is 25.3 Å². The van der Waals surface area contributed by atoms with Crippen molar-refractivity contribution >= 4 is 21.9 Å². The first-order valence-electron chi connectivity index (χ1n) is 14.2. The number of carboxylic acid groups (broad SMARTS) is 1. The first-order valence-corrected chi connectivity index (χ1v) is 15.7. The van der Waals surface area contributed by atoms with Crippen molar-refractivity contribution in [2.75, 3.05) is 0 Å². The Balaban J connectivity index is 1.72. The van der Waals surface area contributed by atoms with Gasteiger partial charge in [0.05, 0.1) is 15.9 Å². The van der Waals surface area contributed by atoms with E-state index in [0.29, 0.717) is 47.8 Å². The molecule has 0 atom stereocenters. The van der Waals surface area contributed by atoms with Crippen molar-refractivity contribution in [3.05, 3.63) is 41.1 Å². The molecular formula is C30H41F2N3O5S. The van der Waals surface area contributed by atoms with Crippen LogP contribution in [0.5, 0.6) is 0 Å². The van der Waals surface area contributed by atoms with Gasteiger partial charge in [0, 0.05) is 35.1 Å². The van der Waals surface area contributed by atoms with Gasteiger partial charge >= 0.3 is 5.97 Å². The Kier molecular flexibility index (Phi) is 8.72. The molecule has 0 saturated heterocycles. The van der Waals surface area contributed by atoms with Crippen LogP contribution >= 0.6 is 0 Å². The van der Waals surface area contributed by atoms with Gasteiger partial charge in [-0.15, -0.1) is 0 Å². The van der Waals surface area contributed by atoms with E-state index >= 15 is 0 Å². The zero-order chi connectivity index (χ0) is 30.3. The molecule has 2 fully saturated rings. The molecule has 8 nitrogen and oxygen atoms in total. The average molecular weight is 594 g/mol. The number of hydrogen-bond acceptors (Lipinski definition) is 4. The van der Waals surface area contributed by atoms with E-state index in [0.717, 1.165) is 25.7 Å². The van der Waals surface area contributed by atoms with Crippen molar-refractivity contribution in [2.45, 2.75) is 109 Å². The van der Waals surface area contributed by atoms with E-state index in [1.807, 2.05) is 11.5 Å². The van der Waals surface area contributed by atoms with Crippen molar-refractivity contribution in [1.29, 1.82) is 0 Å². The molecule has 2 aliphatic rings. The van der Waals surface area contributed by atoms with Crippen LogP contribution in [0.15, 0.2) is 29.2 Å². The molecule has 1 aromatic heterocycles. The molecule has 0 spiro atoms. The SMILES string of the molecule is Cc1c(C(=O)N[C@H]2C[C@](C)(C(=O)O)C2)cc(-c2ccc(S(=O)(=O)NC(C)(C)C)c(C(F)F)c2)n1CC1CCCCC1. The van der Waals surface area contributed by atoms with Crippen LogP contribution in [-0.4, -0.2) is 41.5 Å². The number of amides is 1. The van der Waals surface area contributed by atoms with Crippen molar-refractivity contribution in [3.8, 4) is 11.3 Å². The number of carbonyl (C=O) groups is 2. The largest absolute Gasteiger partial charge is 0.481 e. The topological polar surface area (TPSA) is 118 Å². The molecule has 2 aromatic rings. The van der Waals surface area contributed by atoms with Gasteiger partial charge in [-0.2, -0.15) is 0 Å². The van der Waals surface area contributed by atoms with Crippen LogP contribution in [0.1, 0.15) is 101 Å². The highest BCUT2D eigenvalue weighted by atomic mass is 32.2. The Morgan fingerprint density at radius 1 is 1.12 bits per heavy atom. The summed E-state index contributed by atoms with van der Waals surface area (Å²) in [5.74, 6) is -0.859. The summed E-state index contributed by atoms with van der Waals surface area (Å²) in [5, 5.41) is 12.3. The van der Waals surface area contributed by atoms with Crippen LogP contribution in [0.4, 0.5) is 8.78 Å². The second kappa shape index (κ2) is 11.5. The second-order valence-corrected chi connectivity index (χ2v) is 14.6. The minimum absolute atomic E-state index is 0.265. The molecule has 11 heteroatoms. The maximum Gasteiger partial charge on any atom is 0.309 e. The number of sulfonamides is 1. The number of nitrogens with zero attached hydrogens (tertiary/aromatic N) is 1. The number of hydrogen-bond donors (Lipinski definition) is 3. The van der Waals surface area contributed by atoms with Crippen molar-refractivity contribution in [1.82, 2.24) is 14.6 Å². The molecule has 3 N–H and O–H groups in total. The number of halogens is 2. The van der Waals surface area contributed by atoms with Crippen LogP contribution < -0.4 is 10.0 Å². The average Bonchev–Trinajstić information content (AvgIpc) is 3.17. The highest BCUT2D eigenvalue weighted by Gasteiger charge is 2.47. The van der Waals surface area contributed by atoms with E-state index in [-0.39, 0.29) is 11.9 Å². The number of benzene rings is 1. The van der Waals surface area contributed by atoms with Gasteiger partial charge in [-0.3, -0.25) is 9.59 Å². The van der Waals surface area contributed by atoms with E-state index < -0.39 is 43.8 Å². The summed E-state index contributed by atoms with van der Waals surface area (Å²) in [6.45, 7) is 9.01. The summed E-state index contributed by atoms with van der Waals surface area (Å²) in [4.78, 5) is 24.3. The lowest BCUT2D eigenvalue weighted by atomic mass is 9.67. The van der Waals surface area contributed by atoms with Crippen molar-refractivity contribution < 1.29 is 31.9 Å². The number of nitrogens with one attached hydrogen (secondary N) is 2. The molecule has 1 heterocycles. The van der Waals surface area contributed by atoms with E-state index in [9.17, 15) is 31.9 Å². The molecule has 2 aliphatic carbocycles. The molecule has 0 unspecified atom stereocenters. The monoisotopic (exact) mass is 593 g/mol. The third kappa shape index (κ3) is 6.83. The lowest BCUT2D eigenvalue weighted by Crippen LogP contribution is -2.52. The standard InChI is InChI=1S/C30H41F2N3O5S/c1-18-22(27(36)33-21-15-30(5,16-21)28(37)38)14-24(35(18)17-19-9-7-6-8-10-19)20-11-12-25(23(13-20)26(31)32)41(39,40)34-29(2,3)4/h11-14,19,21,26,34H,6-10,15-17H2,1-5H3,(H,33,36)(H,37,38)/t21-,30-. The Morgan fingerprint density at radius 3 is 2.32 bits per heavy atom. The smallest absolute Gasteiger partial charge is 0.309 e. The summed E-state index contributed by atoms with van der Waals surface area (Å²) >= 11 is 0. The predicted molar refractivity (Wildman–Crippen MR) is 152 cm³/mol. The van der Waals surface area contributed by atoms with Gasteiger partial charge in [0.1, 0.15) is 0 Å². The summed E-state index contributed by atoms with van der Waals surface area (Å²) in [6.07, 6.45) is 3.10. The Hall–Kier alpha value is -2.79. The summed E-state index contributed by atoms with van der Waals surface area (Å²) in [7, 11) is -4.21. The molecule has 1 aromatic carbocycles. The number of alkyl halides is 2. The molecule has 0 aliphatic heterocycles. The third-order valence-electron chi connectivity index (χ3n) is 8.29. The quantitative estimate of drug-likeness (QED) is 0.328. The highest BCUT2D eigenvalue weighted by molar-refractivity contribution is 7.89. The Morgan fingerprint density at radius 2 is 1.76 bits per heavy atom. The minimum Gasteiger partial charge on any atom is -0.481 e. The third-order valence-corrected chi connectivity index (χ3v) is 10.1. The zero-order valence-corrected chi connectivity index (χ0v) is 25.2. The molecule has 4 rings (SSSR count).